The molecular weight excluding hydrogens is 320 g/mol. The number of methoxy groups -OCH3 is 1. The number of pyridine rings is 1. The summed E-state index contributed by atoms with van der Waals surface area (Å²) in [5.41, 5.74) is 6.27. The average Bonchev–Trinajstić information content (AvgIpc) is 2.60. The smallest absolute Gasteiger partial charge is 0.186 e. The first-order valence-corrected chi connectivity index (χ1v) is 8.25. The molecule has 0 aliphatic rings. The van der Waals surface area contributed by atoms with Crippen LogP contribution in [0.25, 0.3) is 0 Å². The van der Waals surface area contributed by atoms with E-state index in [9.17, 15) is 0 Å². The number of thiocarbonyl (C=S) groups is 1. The highest BCUT2D eigenvalue weighted by molar-refractivity contribution is 7.80. The van der Waals surface area contributed by atoms with Gasteiger partial charge in [0.2, 0.25) is 0 Å². The molecule has 0 radical (unpaired) electrons. The van der Waals surface area contributed by atoms with Crippen LogP contribution in [0, 0.1) is 6.92 Å². The summed E-state index contributed by atoms with van der Waals surface area (Å²) in [7, 11) is 1.64. The number of ether oxygens (including phenoxy) is 1. The lowest BCUT2D eigenvalue weighted by atomic mass is 10.1. The molecule has 0 spiro atoms. The zero-order valence-corrected chi connectivity index (χ0v) is 15.0. The fourth-order valence-electron chi connectivity index (χ4n) is 2.08. The molecule has 0 fully saturated rings. The van der Waals surface area contributed by atoms with Crippen molar-refractivity contribution in [2.24, 2.45) is 5.10 Å². The molecule has 1 aromatic carbocycles. The molecule has 5 nitrogen and oxygen atoms in total. The SMILES string of the molecule is CCCNC(=S)N/N=C(/c1ccc(OC)cc1)c1cccc(C)n1. The number of hydrazone groups is 1. The van der Waals surface area contributed by atoms with Crippen molar-refractivity contribution in [3.8, 4) is 5.75 Å². The largest absolute Gasteiger partial charge is 0.497 e. The number of rotatable bonds is 6. The minimum Gasteiger partial charge on any atom is -0.497 e. The van der Waals surface area contributed by atoms with Crippen molar-refractivity contribution < 1.29 is 4.74 Å². The summed E-state index contributed by atoms with van der Waals surface area (Å²) in [6.07, 6.45) is 0.996. The topological polar surface area (TPSA) is 58.5 Å². The molecule has 0 amide bonds. The number of nitrogens with zero attached hydrogens (tertiary/aromatic N) is 2. The Balaban J connectivity index is 2.31. The Hall–Kier alpha value is -2.47. The van der Waals surface area contributed by atoms with Crippen LogP contribution in [0.3, 0.4) is 0 Å². The molecule has 0 saturated carbocycles. The van der Waals surface area contributed by atoms with Crippen LogP contribution in [0.1, 0.15) is 30.3 Å². The lowest BCUT2D eigenvalue weighted by Crippen LogP contribution is -2.33. The Morgan fingerprint density at radius 2 is 1.96 bits per heavy atom. The van der Waals surface area contributed by atoms with E-state index in [1.807, 2.05) is 49.4 Å². The highest BCUT2D eigenvalue weighted by Crippen LogP contribution is 2.15. The van der Waals surface area contributed by atoms with E-state index in [4.69, 9.17) is 17.0 Å². The summed E-state index contributed by atoms with van der Waals surface area (Å²) in [5.74, 6) is 0.795. The molecule has 0 atom stereocenters. The first-order valence-electron chi connectivity index (χ1n) is 7.84. The Morgan fingerprint density at radius 3 is 2.58 bits per heavy atom. The van der Waals surface area contributed by atoms with Gasteiger partial charge >= 0.3 is 0 Å². The Labute approximate surface area is 148 Å². The third-order valence-corrected chi connectivity index (χ3v) is 3.53. The van der Waals surface area contributed by atoms with Crippen molar-refractivity contribution in [3.63, 3.8) is 0 Å². The van der Waals surface area contributed by atoms with Crippen LogP contribution < -0.4 is 15.5 Å². The lowest BCUT2D eigenvalue weighted by Gasteiger charge is -2.10. The summed E-state index contributed by atoms with van der Waals surface area (Å²) < 4.78 is 5.21. The molecule has 2 N–H and O–H groups in total. The van der Waals surface area contributed by atoms with Crippen molar-refractivity contribution in [1.29, 1.82) is 0 Å². The van der Waals surface area contributed by atoms with Crippen LogP contribution >= 0.6 is 12.2 Å². The zero-order valence-electron chi connectivity index (χ0n) is 14.2. The first-order chi connectivity index (χ1) is 11.6. The summed E-state index contributed by atoms with van der Waals surface area (Å²) >= 11 is 5.23. The van der Waals surface area contributed by atoms with E-state index in [1.54, 1.807) is 7.11 Å². The standard InChI is InChI=1S/C18H22N4OS/c1-4-12-19-18(24)22-21-17(16-7-5-6-13(2)20-16)14-8-10-15(23-3)11-9-14/h5-11H,4,12H2,1-3H3,(H2,19,22,24)/b21-17-. The van der Waals surface area contributed by atoms with Gasteiger partial charge in [0, 0.05) is 17.8 Å². The van der Waals surface area contributed by atoms with E-state index >= 15 is 0 Å². The third kappa shape index (κ3) is 5.03. The first kappa shape index (κ1) is 17.9. The lowest BCUT2D eigenvalue weighted by molar-refractivity contribution is 0.415. The van der Waals surface area contributed by atoms with Gasteiger partial charge in [0.1, 0.15) is 11.5 Å². The van der Waals surface area contributed by atoms with E-state index in [2.05, 4.69) is 27.8 Å². The molecule has 0 unspecified atom stereocenters. The molecular formula is C18H22N4OS. The highest BCUT2D eigenvalue weighted by atomic mass is 32.1. The second-order valence-corrected chi connectivity index (χ2v) is 5.63. The van der Waals surface area contributed by atoms with Gasteiger partial charge in [0.05, 0.1) is 12.8 Å². The maximum Gasteiger partial charge on any atom is 0.186 e. The van der Waals surface area contributed by atoms with E-state index in [-0.39, 0.29) is 0 Å². The normalized spacial score (nSPS) is 11.0. The van der Waals surface area contributed by atoms with E-state index in [0.717, 1.165) is 41.4 Å². The molecule has 126 valence electrons. The summed E-state index contributed by atoms with van der Waals surface area (Å²) in [6.45, 7) is 4.84. The van der Waals surface area contributed by atoms with Crippen molar-refractivity contribution in [1.82, 2.24) is 15.7 Å². The highest BCUT2D eigenvalue weighted by Gasteiger charge is 2.10. The predicted molar refractivity (Wildman–Crippen MR) is 102 cm³/mol. The van der Waals surface area contributed by atoms with Crippen LogP contribution in [-0.4, -0.2) is 29.5 Å². The van der Waals surface area contributed by atoms with Gasteiger partial charge in [0.15, 0.2) is 5.11 Å². The minimum absolute atomic E-state index is 0.496. The fraction of sp³-hybridized carbons (Fsp3) is 0.278. The molecule has 2 rings (SSSR count). The van der Waals surface area contributed by atoms with Gasteiger partial charge < -0.3 is 10.1 Å². The quantitative estimate of drug-likeness (QED) is 0.480. The van der Waals surface area contributed by atoms with Gasteiger partial charge in [-0.2, -0.15) is 5.10 Å². The summed E-state index contributed by atoms with van der Waals surface area (Å²) in [6, 6.07) is 13.5. The van der Waals surface area contributed by atoms with E-state index in [1.165, 1.54) is 0 Å². The van der Waals surface area contributed by atoms with E-state index in [0.29, 0.717) is 5.11 Å². The molecule has 0 aliphatic heterocycles. The molecule has 24 heavy (non-hydrogen) atoms. The number of hydrogen-bond donors (Lipinski definition) is 2. The monoisotopic (exact) mass is 342 g/mol. The average molecular weight is 342 g/mol. The number of benzene rings is 1. The number of hydrogen-bond acceptors (Lipinski definition) is 4. The van der Waals surface area contributed by atoms with Crippen LogP contribution in [-0.2, 0) is 0 Å². The second-order valence-electron chi connectivity index (χ2n) is 5.22. The Bertz CT molecular complexity index is 713. The molecule has 0 aliphatic carbocycles. The van der Waals surface area contributed by atoms with E-state index < -0.39 is 0 Å². The van der Waals surface area contributed by atoms with Crippen molar-refractivity contribution >= 4 is 23.0 Å². The van der Waals surface area contributed by atoms with Gasteiger partial charge in [-0.25, -0.2) is 0 Å². The number of aryl methyl sites for hydroxylation is 1. The minimum atomic E-state index is 0.496. The molecule has 1 aromatic heterocycles. The molecule has 0 saturated heterocycles. The molecule has 6 heteroatoms. The van der Waals surface area contributed by atoms with Crippen LogP contribution in [0.2, 0.25) is 0 Å². The van der Waals surface area contributed by atoms with Crippen molar-refractivity contribution in [3.05, 3.63) is 59.4 Å². The van der Waals surface area contributed by atoms with Crippen LogP contribution in [0.4, 0.5) is 0 Å². The number of nitrogens with one attached hydrogen (secondary N) is 2. The molecule has 0 bridgehead atoms. The Kier molecular flexibility index (Phi) is 6.69. The second kappa shape index (κ2) is 8.98. The summed E-state index contributed by atoms with van der Waals surface area (Å²) in [5, 5.41) is 8.06. The summed E-state index contributed by atoms with van der Waals surface area (Å²) in [4.78, 5) is 4.57. The maximum absolute atomic E-state index is 5.23. The van der Waals surface area contributed by atoms with Crippen LogP contribution in [0.5, 0.6) is 5.75 Å². The van der Waals surface area contributed by atoms with Gasteiger partial charge in [-0.15, -0.1) is 0 Å². The number of aromatic nitrogens is 1. The third-order valence-electron chi connectivity index (χ3n) is 3.30. The van der Waals surface area contributed by atoms with Crippen molar-refractivity contribution in [2.75, 3.05) is 13.7 Å². The molecule has 2 aromatic rings. The van der Waals surface area contributed by atoms with Gasteiger partial charge in [-0.1, -0.05) is 13.0 Å². The zero-order chi connectivity index (χ0) is 17.4. The fourth-order valence-corrected chi connectivity index (χ4v) is 2.23. The maximum atomic E-state index is 5.23. The predicted octanol–water partition coefficient (Wildman–Crippen LogP) is 3.03. The van der Waals surface area contributed by atoms with Gasteiger partial charge in [-0.3, -0.25) is 10.4 Å². The van der Waals surface area contributed by atoms with Gasteiger partial charge in [-0.05, 0) is 62.0 Å². The van der Waals surface area contributed by atoms with Crippen molar-refractivity contribution in [2.45, 2.75) is 20.3 Å². The van der Waals surface area contributed by atoms with Crippen LogP contribution in [0.15, 0.2) is 47.6 Å². The molecule has 1 heterocycles. The van der Waals surface area contributed by atoms with Gasteiger partial charge in [0.25, 0.3) is 0 Å². The Morgan fingerprint density at radius 1 is 1.21 bits per heavy atom.